The normalized spacial score (nSPS) is 22.7. The van der Waals surface area contributed by atoms with Gasteiger partial charge in [0.25, 0.3) is 0 Å². The van der Waals surface area contributed by atoms with Crippen LogP contribution in [0.2, 0.25) is 10.0 Å². The molecule has 42 heavy (non-hydrogen) atoms. The standard InChI is InChI=1S/C34H40Cl2F2N2O2/c1-32(2,3)18-27-34(7,22-14-13-20(35)17-24(22)37)28(21-10-9-11-23(36)29(21)38)30(40-27)31(41)39-25-15-12-19(33(4,5)6)16-26(25)42-8/h9-17,27-28,30,40H,18H2,1-8H3,(H,39,41)/t27?,28?,30?,34-/m0/s1. The van der Waals surface area contributed by atoms with Gasteiger partial charge in [0.2, 0.25) is 5.91 Å². The molecule has 3 unspecified atom stereocenters. The van der Waals surface area contributed by atoms with Gasteiger partial charge >= 0.3 is 0 Å². The monoisotopic (exact) mass is 616 g/mol. The molecule has 1 fully saturated rings. The molecule has 0 saturated carbocycles. The molecule has 8 heteroatoms. The summed E-state index contributed by atoms with van der Waals surface area (Å²) in [6, 6.07) is 13.6. The fourth-order valence-electron chi connectivity index (χ4n) is 6.18. The van der Waals surface area contributed by atoms with Crippen molar-refractivity contribution in [1.82, 2.24) is 5.32 Å². The van der Waals surface area contributed by atoms with Crippen molar-refractivity contribution in [2.45, 2.75) is 83.7 Å². The maximum absolute atomic E-state index is 15.9. The minimum atomic E-state index is -1.06. The zero-order chi connectivity index (χ0) is 31.2. The summed E-state index contributed by atoms with van der Waals surface area (Å²) < 4.78 is 37.3. The summed E-state index contributed by atoms with van der Waals surface area (Å²) in [4.78, 5) is 14.2. The van der Waals surface area contributed by atoms with E-state index < -0.39 is 41.0 Å². The van der Waals surface area contributed by atoms with Crippen LogP contribution in [0.15, 0.2) is 54.6 Å². The molecule has 0 spiro atoms. The summed E-state index contributed by atoms with van der Waals surface area (Å²) in [6.45, 7) is 14.4. The molecule has 4 rings (SSSR count). The van der Waals surface area contributed by atoms with Crippen molar-refractivity contribution in [1.29, 1.82) is 0 Å². The summed E-state index contributed by atoms with van der Waals surface area (Å²) in [5.74, 6) is -1.85. The van der Waals surface area contributed by atoms with Gasteiger partial charge in [-0.15, -0.1) is 0 Å². The van der Waals surface area contributed by atoms with Crippen LogP contribution in [0.25, 0.3) is 0 Å². The Kier molecular flexibility index (Phi) is 9.05. The lowest BCUT2D eigenvalue weighted by molar-refractivity contribution is -0.118. The first-order chi connectivity index (χ1) is 19.5. The zero-order valence-electron chi connectivity index (χ0n) is 25.5. The lowest BCUT2D eigenvalue weighted by Crippen LogP contribution is -2.44. The molecular weight excluding hydrogens is 577 g/mol. The maximum atomic E-state index is 15.9. The highest BCUT2D eigenvalue weighted by Gasteiger charge is 2.57. The molecule has 4 atom stereocenters. The number of benzene rings is 3. The predicted octanol–water partition coefficient (Wildman–Crippen LogP) is 9.03. The number of carbonyl (C=O) groups is 1. The van der Waals surface area contributed by atoms with Crippen molar-refractivity contribution in [3.05, 3.63) is 93.0 Å². The molecule has 0 bridgehead atoms. The maximum Gasteiger partial charge on any atom is 0.242 e. The minimum absolute atomic E-state index is 0.0655. The Morgan fingerprint density at radius 2 is 1.71 bits per heavy atom. The average molecular weight is 618 g/mol. The highest BCUT2D eigenvalue weighted by molar-refractivity contribution is 6.31. The van der Waals surface area contributed by atoms with Gasteiger partial charge in [0.1, 0.15) is 17.4 Å². The van der Waals surface area contributed by atoms with E-state index in [4.69, 9.17) is 27.9 Å². The van der Waals surface area contributed by atoms with E-state index in [1.54, 1.807) is 31.4 Å². The van der Waals surface area contributed by atoms with Gasteiger partial charge < -0.3 is 15.4 Å². The molecule has 2 N–H and O–H groups in total. The number of hydrogen-bond donors (Lipinski definition) is 2. The molecule has 3 aromatic rings. The lowest BCUT2D eigenvalue weighted by atomic mass is 9.63. The minimum Gasteiger partial charge on any atom is -0.495 e. The van der Waals surface area contributed by atoms with Crippen LogP contribution in [0.4, 0.5) is 14.5 Å². The van der Waals surface area contributed by atoms with Crippen molar-refractivity contribution in [3.8, 4) is 5.75 Å². The van der Waals surface area contributed by atoms with E-state index in [2.05, 4.69) is 52.2 Å². The van der Waals surface area contributed by atoms with E-state index in [9.17, 15) is 4.79 Å². The molecule has 4 nitrogen and oxygen atoms in total. The zero-order valence-corrected chi connectivity index (χ0v) is 27.0. The summed E-state index contributed by atoms with van der Waals surface area (Å²) in [7, 11) is 1.55. The molecule has 1 amide bonds. The molecule has 1 aliphatic rings. The van der Waals surface area contributed by atoms with Crippen LogP contribution in [-0.4, -0.2) is 25.1 Å². The van der Waals surface area contributed by atoms with Gasteiger partial charge in [-0.05, 0) is 64.3 Å². The Morgan fingerprint density at radius 3 is 2.31 bits per heavy atom. The molecule has 226 valence electrons. The molecule has 1 saturated heterocycles. The van der Waals surface area contributed by atoms with E-state index >= 15 is 8.78 Å². The van der Waals surface area contributed by atoms with Crippen molar-refractivity contribution >= 4 is 34.8 Å². The smallest absolute Gasteiger partial charge is 0.242 e. The number of nitrogens with one attached hydrogen (secondary N) is 2. The highest BCUT2D eigenvalue weighted by Crippen LogP contribution is 2.53. The Labute approximate surface area is 258 Å². The van der Waals surface area contributed by atoms with Gasteiger partial charge in [-0.2, -0.15) is 0 Å². The van der Waals surface area contributed by atoms with Gasteiger partial charge in [-0.25, -0.2) is 8.78 Å². The van der Waals surface area contributed by atoms with Crippen LogP contribution in [0.5, 0.6) is 5.75 Å². The topological polar surface area (TPSA) is 50.4 Å². The van der Waals surface area contributed by atoms with Gasteiger partial charge in [0, 0.05) is 22.4 Å². The third-order valence-corrected chi connectivity index (χ3v) is 8.86. The first-order valence-electron chi connectivity index (χ1n) is 14.1. The second-order valence-electron chi connectivity index (χ2n) is 13.6. The van der Waals surface area contributed by atoms with Crippen molar-refractivity contribution in [2.24, 2.45) is 5.41 Å². The van der Waals surface area contributed by atoms with Crippen LogP contribution in [0.3, 0.4) is 0 Å². The van der Waals surface area contributed by atoms with Gasteiger partial charge in [-0.3, -0.25) is 4.79 Å². The van der Waals surface area contributed by atoms with E-state index in [0.717, 1.165) is 5.56 Å². The number of anilines is 1. The van der Waals surface area contributed by atoms with Crippen LogP contribution in [0.1, 0.15) is 77.5 Å². The number of carbonyl (C=O) groups excluding carboxylic acids is 1. The first kappa shape index (κ1) is 32.2. The third-order valence-electron chi connectivity index (χ3n) is 8.34. The largest absolute Gasteiger partial charge is 0.495 e. The lowest BCUT2D eigenvalue weighted by Gasteiger charge is -2.40. The Balaban J connectivity index is 1.89. The van der Waals surface area contributed by atoms with Gasteiger partial charge in [0.05, 0.1) is 23.9 Å². The molecule has 0 aliphatic carbocycles. The summed E-state index contributed by atoms with van der Waals surface area (Å²) in [5.41, 5.74) is 0.737. The molecule has 0 radical (unpaired) electrons. The summed E-state index contributed by atoms with van der Waals surface area (Å²) in [6.07, 6.45) is 0.581. The van der Waals surface area contributed by atoms with Crippen molar-refractivity contribution in [3.63, 3.8) is 0 Å². The SMILES string of the molecule is COc1cc(C(C)(C)C)ccc1NC(=O)C1NC(CC(C)(C)C)[C@](C)(c2ccc(Cl)cc2F)C1c1cccc(Cl)c1F. The number of rotatable bonds is 6. The fourth-order valence-corrected chi connectivity index (χ4v) is 6.52. The van der Waals surface area contributed by atoms with Crippen LogP contribution in [-0.2, 0) is 15.6 Å². The molecule has 3 aromatic carbocycles. The Bertz CT molecular complexity index is 1480. The van der Waals surface area contributed by atoms with E-state index in [-0.39, 0.29) is 26.4 Å². The van der Waals surface area contributed by atoms with Crippen LogP contribution in [0, 0.1) is 17.0 Å². The van der Waals surface area contributed by atoms with Crippen molar-refractivity contribution < 1.29 is 18.3 Å². The number of methoxy groups -OCH3 is 1. The van der Waals surface area contributed by atoms with E-state index in [1.807, 2.05) is 25.1 Å². The average Bonchev–Trinajstić information content (AvgIpc) is 3.16. The number of ether oxygens (including phenoxy) is 1. The number of halogens is 4. The Morgan fingerprint density at radius 1 is 1.02 bits per heavy atom. The quantitative estimate of drug-likeness (QED) is 0.290. The second-order valence-corrected chi connectivity index (χ2v) is 14.5. The Hall–Kier alpha value is -2.67. The molecular formula is C34H40Cl2F2N2O2. The van der Waals surface area contributed by atoms with Crippen molar-refractivity contribution in [2.75, 3.05) is 12.4 Å². The number of hydrogen-bond acceptors (Lipinski definition) is 3. The second kappa shape index (κ2) is 11.8. The first-order valence-corrected chi connectivity index (χ1v) is 14.9. The molecule has 1 aliphatic heterocycles. The molecule has 0 aromatic heterocycles. The van der Waals surface area contributed by atoms with Crippen LogP contribution >= 0.6 is 23.2 Å². The number of amides is 1. The van der Waals surface area contributed by atoms with Gasteiger partial charge in [-0.1, -0.05) is 95.9 Å². The summed E-state index contributed by atoms with van der Waals surface area (Å²) in [5, 5.41) is 6.71. The predicted molar refractivity (Wildman–Crippen MR) is 168 cm³/mol. The van der Waals surface area contributed by atoms with E-state index in [0.29, 0.717) is 23.4 Å². The van der Waals surface area contributed by atoms with Gasteiger partial charge in [0.15, 0.2) is 0 Å². The van der Waals surface area contributed by atoms with E-state index in [1.165, 1.54) is 12.1 Å². The fraction of sp³-hybridized carbons (Fsp3) is 0.441. The highest BCUT2D eigenvalue weighted by atomic mass is 35.5. The third kappa shape index (κ3) is 6.31. The van der Waals surface area contributed by atoms with Crippen LogP contribution < -0.4 is 15.4 Å². The summed E-state index contributed by atoms with van der Waals surface area (Å²) >= 11 is 12.4. The molecule has 1 heterocycles.